The van der Waals surface area contributed by atoms with Gasteiger partial charge in [0.05, 0.1) is 7.11 Å². The van der Waals surface area contributed by atoms with Crippen LogP contribution in [0.15, 0.2) is 43.0 Å². The van der Waals surface area contributed by atoms with E-state index in [4.69, 9.17) is 9.47 Å². The van der Waals surface area contributed by atoms with Crippen LogP contribution in [0.25, 0.3) is 22.5 Å². The molecule has 0 bridgehead atoms. The minimum Gasteiger partial charge on any atom is -0.496 e. The number of hydrogen-bond acceptors (Lipinski definition) is 7. The van der Waals surface area contributed by atoms with E-state index in [1.54, 1.807) is 43.8 Å². The van der Waals surface area contributed by atoms with Gasteiger partial charge in [0.1, 0.15) is 17.8 Å². The zero-order valence-corrected chi connectivity index (χ0v) is 17.8. The monoisotopic (exact) mass is 443 g/mol. The minimum absolute atomic E-state index is 0.00439. The number of amides is 1. The molecule has 1 N–H and O–H groups in total. The number of carbonyl (C=O) groups excluding carboxylic acids is 1. The Hall–Kier alpha value is -3.14. The van der Waals surface area contributed by atoms with Crippen LogP contribution in [0.5, 0.6) is 11.5 Å². The molecule has 3 aromatic rings. The average Bonchev–Trinajstić information content (AvgIpc) is 3.29. The summed E-state index contributed by atoms with van der Waals surface area (Å²) in [6.45, 7) is 0. The van der Waals surface area contributed by atoms with E-state index in [9.17, 15) is 8.68 Å². The summed E-state index contributed by atoms with van der Waals surface area (Å²) in [6, 6.07) is 7.08. The maximum Gasteiger partial charge on any atom is 0.412 e. The number of benzene rings is 1. The largest absolute Gasteiger partial charge is 0.496 e. The summed E-state index contributed by atoms with van der Waals surface area (Å²) in [4.78, 5) is 16.6. The molecule has 0 atom stereocenters. The molecular formula is C21H22FN5O3S. The van der Waals surface area contributed by atoms with Gasteiger partial charge in [-0.25, -0.2) is 8.77 Å². The van der Waals surface area contributed by atoms with E-state index >= 15 is 0 Å². The fourth-order valence-corrected chi connectivity index (χ4v) is 3.98. The van der Waals surface area contributed by atoms with Gasteiger partial charge in [0, 0.05) is 35.1 Å². The summed E-state index contributed by atoms with van der Waals surface area (Å²) < 4.78 is 25.3. The van der Waals surface area contributed by atoms with Crippen molar-refractivity contribution in [3.05, 3.63) is 43.0 Å². The highest BCUT2D eigenvalue weighted by molar-refractivity contribution is 7.92. The molecule has 4 rings (SSSR count). The molecule has 1 fully saturated rings. The van der Waals surface area contributed by atoms with Gasteiger partial charge < -0.3 is 14.8 Å². The van der Waals surface area contributed by atoms with Crippen LogP contribution >= 0.6 is 12.3 Å². The summed E-state index contributed by atoms with van der Waals surface area (Å²) in [6.07, 6.45) is 9.44. The van der Waals surface area contributed by atoms with Gasteiger partial charge in [0.25, 0.3) is 0 Å². The first-order valence-electron chi connectivity index (χ1n) is 9.99. The van der Waals surface area contributed by atoms with E-state index < -0.39 is 6.09 Å². The van der Waals surface area contributed by atoms with Gasteiger partial charge in [0.15, 0.2) is 18.2 Å². The maximum atomic E-state index is 13.1. The van der Waals surface area contributed by atoms with E-state index in [-0.39, 0.29) is 18.4 Å². The van der Waals surface area contributed by atoms with Crippen molar-refractivity contribution in [1.29, 1.82) is 0 Å². The Labute approximate surface area is 183 Å². The molecule has 2 heterocycles. The lowest BCUT2D eigenvalue weighted by Crippen LogP contribution is -2.37. The molecule has 162 valence electrons. The number of hydrogen-bond donors (Lipinski definition) is 1. The van der Waals surface area contributed by atoms with Gasteiger partial charge in [-0.05, 0) is 37.1 Å². The zero-order chi connectivity index (χ0) is 21.6. The molecule has 0 saturated heterocycles. The van der Waals surface area contributed by atoms with Gasteiger partial charge in [-0.15, -0.1) is 14.1 Å². The summed E-state index contributed by atoms with van der Waals surface area (Å²) >= 11 is 0.00439. The Morgan fingerprint density at radius 3 is 2.77 bits per heavy atom. The first kappa shape index (κ1) is 21.1. The van der Waals surface area contributed by atoms with Gasteiger partial charge in [-0.3, -0.25) is 4.98 Å². The van der Waals surface area contributed by atoms with Crippen molar-refractivity contribution in [3.63, 3.8) is 0 Å². The molecule has 31 heavy (non-hydrogen) atoms. The SMILES string of the molecule is COc1ccc(OC(=O)NC2CCCCC2)cc1-c1cncc(-c2nncn2SF)c1. The third kappa shape index (κ3) is 4.96. The van der Waals surface area contributed by atoms with Crippen LogP contribution in [0.2, 0.25) is 0 Å². The van der Waals surface area contributed by atoms with Crippen molar-refractivity contribution in [2.24, 2.45) is 0 Å². The van der Waals surface area contributed by atoms with Crippen molar-refractivity contribution >= 4 is 18.4 Å². The molecule has 2 aromatic heterocycles. The van der Waals surface area contributed by atoms with Gasteiger partial charge in [-0.2, -0.15) is 0 Å². The number of rotatable bonds is 6. The highest BCUT2D eigenvalue weighted by atomic mass is 32.2. The Morgan fingerprint density at radius 2 is 2.00 bits per heavy atom. The number of aromatic nitrogens is 4. The fourth-order valence-electron chi connectivity index (χ4n) is 3.70. The molecular weight excluding hydrogens is 421 g/mol. The highest BCUT2D eigenvalue weighted by Gasteiger charge is 2.18. The van der Waals surface area contributed by atoms with Crippen molar-refractivity contribution in [3.8, 4) is 34.0 Å². The maximum absolute atomic E-state index is 13.1. The number of nitrogens with one attached hydrogen (secondary N) is 1. The van der Waals surface area contributed by atoms with E-state index in [0.717, 1.165) is 25.7 Å². The molecule has 1 aliphatic carbocycles. The molecule has 8 nitrogen and oxygen atoms in total. The molecule has 1 amide bonds. The van der Waals surface area contributed by atoms with Crippen LogP contribution in [0, 0.1) is 0 Å². The van der Waals surface area contributed by atoms with Crippen molar-refractivity contribution < 1.29 is 18.2 Å². The molecule has 0 spiro atoms. The topological polar surface area (TPSA) is 91.2 Å². The molecule has 10 heteroatoms. The lowest BCUT2D eigenvalue weighted by atomic mass is 9.96. The second-order valence-electron chi connectivity index (χ2n) is 7.24. The molecule has 1 aromatic carbocycles. The average molecular weight is 444 g/mol. The van der Waals surface area contributed by atoms with E-state index in [2.05, 4.69) is 20.5 Å². The number of halogens is 1. The first-order chi connectivity index (χ1) is 15.2. The van der Waals surface area contributed by atoms with Crippen LogP contribution in [-0.2, 0) is 0 Å². The number of carbonyl (C=O) groups is 1. The number of ether oxygens (including phenoxy) is 2. The Bertz CT molecular complexity index is 1050. The Balaban J connectivity index is 1.58. The van der Waals surface area contributed by atoms with E-state index in [0.29, 0.717) is 34.0 Å². The molecule has 1 aliphatic rings. The van der Waals surface area contributed by atoms with Gasteiger partial charge >= 0.3 is 6.09 Å². The predicted molar refractivity (Wildman–Crippen MR) is 115 cm³/mol. The third-order valence-electron chi connectivity index (χ3n) is 5.21. The number of methoxy groups -OCH3 is 1. The minimum atomic E-state index is -0.469. The zero-order valence-electron chi connectivity index (χ0n) is 17.0. The lowest BCUT2D eigenvalue weighted by molar-refractivity contribution is 0.192. The summed E-state index contributed by atoms with van der Waals surface area (Å²) in [5.74, 6) is 1.30. The normalized spacial score (nSPS) is 14.3. The number of nitrogens with zero attached hydrogens (tertiary/aromatic N) is 4. The van der Waals surface area contributed by atoms with Crippen LogP contribution in [0.1, 0.15) is 32.1 Å². The highest BCUT2D eigenvalue weighted by Crippen LogP contribution is 2.35. The lowest BCUT2D eigenvalue weighted by Gasteiger charge is -2.22. The first-order valence-corrected chi connectivity index (χ1v) is 10.7. The van der Waals surface area contributed by atoms with E-state index in [1.165, 1.54) is 16.7 Å². The third-order valence-corrected chi connectivity index (χ3v) is 5.62. The number of pyridine rings is 1. The van der Waals surface area contributed by atoms with Crippen molar-refractivity contribution in [1.82, 2.24) is 24.5 Å². The molecule has 0 radical (unpaired) electrons. The van der Waals surface area contributed by atoms with Crippen LogP contribution in [-0.4, -0.2) is 38.4 Å². The molecule has 0 unspecified atom stereocenters. The summed E-state index contributed by atoms with van der Waals surface area (Å²) in [5, 5.41) is 10.6. The second kappa shape index (κ2) is 9.78. The fraction of sp³-hybridized carbons (Fsp3) is 0.333. The summed E-state index contributed by atoms with van der Waals surface area (Å²) in [5.41, 5.74) is 1.97. The van der Waals surface area contributed by atoms with Crippen molar-refractivity contribution in [2.75, 3.05) is 7.11 Å². The summed E-state index contributed by atoms with van der Waals surface area (Å²) in [7, 11) is 1.56. The van der Waals surface area contributed by atoms with Crippen LogP contribution in [0.3, 0.4) is 0 Å². The van der Waals surface area contributed by atoms with E-state index in [1.807, 2.05) is 0 Å². The van der Waals surface area contributed by atoms with Crippen LogP contribution < -0.4 is 14.8 Å². The van der Waals surface area contributed by atoms with Crippen LogP contribution in [0.4, 0.5) is 8.68 Å². The molecule has 1 saturated carbocycles. The van der Waals surface area contributed by atoms with Gasteiger partial charge in [0.2, 0.25) is 0 Å². The Morgan fingerprint density at radius 1 is 1.19 bits per heavy atom. The quantitative estimate of drug-likeness (QED) is 0.584. The van der Waals surface area contributed by atoms with Crippen molar-refractivity contribution in [2.45, 2.75) is 38.1 Å². The Kier molecular flexibility index (Phi) is 6.66. The smallest absolute Gasteiger partial charge is 0.412 e. The standard InChI is InChI=1S/C21H22FN5O3S/c1-29-19-8-7-17(30-21(28)25-16-5-3-2-4-6-16)10-18(19)14-9-15(12-23-11-14)20-26-24-13-27(20)31-22/h7-13,16H,2-6H2,1H3,(H,25,28). The van der Waals surface area contributed by atoms with Gasteiger partial charge in [-0.1, -0.05) is 19.3 Å². The molecule has 0 aliphatic heterocycles. The predicted octanol–water partition coefficient (Wildman–Crippen LogP) is 4.82. The second-order valence-corrected chi connectivity index (χ2v) is 7.77.